The fraction of sp³-hybridized carbons (Fsp3) is 0.318. The van der Waals surface area contributed by atoms with Gasteiger partial charge >= 0.3 is 17.8 Å². The number of carbonyl (C=O) groups is 3. The van der Waals surface area contributed by atoms with Crippen molar-refractivity contribution < 1.29 is 22.8 Å². The minimum Gasteiger partial charge on any atom is -0.283 e. The number of benzene rings is 2. The maximum Gasteiger partial charge on any atom is 0.335 e. The SMILES string of the molecule is Cc1ccc(S(=O)(=O)N2CCN(CN3C(=O)C(=O)N(Cc4ccccc4)C3=O)CC2)cc1. The van der Waals surface area contributed by atoms with Gasteiger partial charge in [0.15, 0.2) is 0 Å². The van der Waals surface area contributed by atoms with Crippen LogP contribution in [0.1, 0.15) is 11.1 Å². The van der Waals surface area contributed by atoms with E-state index in [1.807, 2.05) is 13.0 Å². The number of hydrogen-bond donors (Lipinski definition) is 0. The maximum absolute atomic E-state index is 12.9. The molecule has 2 aromatic rings. The van der Waals surface area contributed by atoms with E-state index in [0.717, 1.165) is 20.9 Å². The lowest BCUT2D eigenvalue weighted by Gasteiger charge is -2.35. The third-order valence-electron chi connectivity index (χ3n) is 5.65. The zero-order chi connectivity index (χ0) is 22.9. The molecule has 2 aliphatic rings. The summed E-state index contributed by atoms with van der Waals surface area (Å²) in [5, 5.41) is 0. The summed E-state index contributed by atoms with van der Waals surface area (Å²) in [4.78, 5) is 41.4. The van der Waals surface area contributed by atoms with Crippen LogP contribution in [0.2, 0.25) is 0 Å². The van der Waals surface area contributed by atoms with Gasteiger partial charge in [-0.15, -0.1) is 0 Å². The van der Waals surface area contributed by atoms with Gasteiger partial charge in [-0.3, -0.25) is 19.4 Å². The van der Waals surface area contributed by atoms with Crippen LogP contribution >= 0.6 is 0 Å². The highest BCUT2D eigenvalue weighted by Gasteiger charge is 2.45. The molecule has 0 aliphatic carbocycles. The fourth-order valence-electron chi connectivity index (χ4n) is 3.75. The van der Waals surface area contributed by atoms with E-state index in [4.69, 9.17) is 0 Å². The van der Waals surface area contributed by atoms with Gasteiger partial charge in [-0.05, 0) is 24.6 Å². The average Bonchev–Trinajstić information content (AvgIpc) is 2.99. The van der Waals surface area contributed by atoms with Gasteiger partial charge < -0.3 is 0 Å². The Bertz CT molecular complexity index is 1130. The van der Waals surface area contributed by atoms with Crippen molar-refractivity contribution in [3.05, 3.63) is 65.7 Å². The van der Waals surface area contributed by atoms with Crippen LogP contribution < -0.4 is 0 Å². The average molecular weight is 457 g/mol. The number of aryl methyl sites for hydroxylation is 1. The largest absolute Gasteiger partial charge is 0.335 e. The van der Waals surface area contributed by atoms with Crippen LogP contribution in [0, 0.1) is 6.92 Å². The molecule has 4 rings (SSSR count). The van der Waals surface area contributed by atoms with Gasteiger partial charge in [0.25, 0.3) is 0 Å². The van der Waals surface area contributed by atoms with E-state index in [0.29, 0.717) is 13.1 Å². The zero-order valence-electron chi connectivity index (χ0n) is 17.7. The van der Waals surface area contributed by atoms with E-state index in [2.05, 4.69) is 0 Å². The molecule has 32 heavy (non-hydrogen) atoms. The highest BCUT2D eigenvalue weighted by atomic mass is 32.2. The Kier molecular flexibility index (Phi) is 6.09. The molecule has 0 radical (unpaired) electrons. The Morgan fingerprint density at radius 2 is 1.38 bits per heavy atom. The van der Waals surface area contributed by atoms with Crippen molar-refractivity contribution in [2.45, 2.75) is 18.4 Å². The number of hydrogen-bond acceptors (Lipinski definition) is 6. The van der Waals surface area contributed by atoms with Crippen molar-refractivity contribution in [3.63, 3.8) is 0 Å². The molecule has 0 N–H and O–H groups in total. The van der Waals surface area contributed by atoms with Crippen molar-refractivity contribution in [2.75, 3.05) is 32.8 Å². The van der Waals surface area contributed by atoms with Gasteiger partial charge in [-0.2, -0.15) is 4.31 Å². The third kappa shape index (κ3) is 4.29. The Hall–Kier alpha value is -3.08. The summed E-state index contributed by atoms with van der Waals surface area (Å²) >= 11 is 0. The Morgan fingerprint density at radius 3 is 2.00 bits per heavy atom. The number of carbonyl (C=O) groups excluding carboxylic acids is 3. The number of imide groups is 2. The lowest BCUT2D eigenvalue weighted by Crippen LogP contribution is -2.52. The normalized spacial score (nSPS) is 18.6. The summed E-state index contributed by atoms with van der Waals surface area (Å²) in [5.74, 6) is -1.71. The number of rotatable bonds is 6. The van der Waals surface area contributed by atoms with Gasteiger partial charge in [0.1, 0.15) is 0 Å². The fourth-order valence-corrected chi connectivity index (χ4v) is 5.17. The van der Waals surface area contributed by atoms with Crippen LogP contribution in [-0.4, -0.2) is 78.1 Å². The Labute approximate surface area is 186 Å². The van der Waals surface area contributed by atoms with Gasteiger partial charge in [-0.1, -0.05) is 48.0 Å². The highest BCUT2D eigenvalue weighted by Crippen LogP contribution is 2.20. The van der Waals surface area contributed by atoms with Crippen molar-refractivity contribution in [2.24, 2.45) is 0 Å². The molecule has 2 heterocycles. The monoisotopic (exact) mass is 456 g/mol. The lowest BCUT2D eigenvalue weighted by atomic mass is 10.2. The van der Waals surface area contributed by atoms with Gasteiger partial charge in [0.05, 0.1) is 18.1 Å². The van der Waals surface area contributed by atoms with Crippen molar-refractivity contribution in [1.82, 2.24) is 19.0 Å². The molecule has 2 fully saturated rings. The third-order valence-corrected chi connectivity index (χ3v) is 7.56. The summed E-state index contributed by atoms with van der Waals surface area (Å²) in [6.45, 7) is 3.02. The number of urea groups is 1. The molecule has 4 amide bonds. The number of nitrogens with zero attached hydrogens (tertiary/aromatic N) is 4. The summed E-state index contributed by atoms with van der Waals surface area (Å²) < 4.78 is 27.1. The second-order valence-electron chi connectivity index (χ2n) is 7.87. The van der Waals surface area contributed by atoms with Crippen molar-refractivity contribution in [3.8, 4) is 0 Å². The topological polar surface area (TPSA) is 98.3 Å². The van der Waals surface area contributed by atoms with Crippen LogP contribution in [0.25, 0.3) is 0 Å². The smallest absolute Gasteiger partial charge is 0.283 e. The summed E-state index contributed by atoms with van der Waals surface area (Å²) in [6.07, 6.45) is 0. The number of piperazine rings is 1. The van der Waals surface area contributed by atoms with Gasteiger partial charge in [0, 0.05) is 26.2 Å². The van der Waals surface area contributed by atoms with E-state index in [-0.39, 0.29) is 31.2 Å². The van der Waals surface area contributed by atoms with E-state index >= 15 is 0 Å². The second-order valence-corrected chi connectivity index (χ2v) is 9.81. The van der Waals surface area contributed by atoms with E-state index < -0.39 is 27.9 Å². The Balaban J connectivity index is 1.37. The first-order chi connectivity index (χ1) is 15.3. The molecule has 2 aliphatic heterocycles. The van der Waals surface area contributed by atoms with Crippen LogP contribution in [0.5, 0.6) is 0 Å². The number of sulfonamides is 1. The molecular weight excluding hydrogens is 432 g/mol. The molecule has 0 bridgehead atoms. The second kappa shape index (κ2) is 8.81. The molecular formula is C22H24N4O5S. The van der Waals surface area contributed by atoms with Crippen molar-refractivity contribution in [1.29, 1.82) is 0 Å². The minimum atomic E-state index is -3.61. The molecule has 0 unspecified atom stereocenters. The van der Waals surface area contributed by atoms with E-state index in [1.54, 1.807) is 53.4 Å². The zero-order valence-corrected chi connectivity index (χ0v) is 18.5. The lowest BCUT2D eigenvalue weighted by molar-refractivity contribution is -0.144. The first kappa shape index (κ1) is 22.1. The minimum absolute atomic E-state index is 0.0311. The number of amides is 4. The molecule has 0 atom stereocenters. The summed E-state index contributed by atoms with van der Waals surface area (Å²) in [7, 11) is -3.61. The summed E-state index contributed by atoms with van der Waals surface area (Å²) in [5.41, 5.74) is 1.73. The molecule has 10 heteroatoms. The van der Waals surface area contributed by atoms with Gasteiger partial charge in [-0.25, -0.2) is 18.1 Å². The molecule has 0 saturated carbocycles. The molecule has 2 aromatic carbocycles. The van der Waals surface area contributed by atoms with Crippen LogP contribution in [0.15, 0.2) is 59.5 Å². The molecule has 0 spiro atoms. The van der Waals surface area contributed by atoms with E-state index in [9.17, 15) is 22.8 Å². The first-order valence-electron chi connectivity index (χ1n) is 10.3. The predicted octanol–water partition coefficient (Wildman–Crippen LogP) is 1.25. The quantitative estimate of drug-likeness (QED) is 0.479. The van der Waals surface area contributed by atoms with Crippen LogP contribution in [-0.2, 0) is 26.2 Å². The summed E-state index contributed by atoms with van der Waals surface area (Å²) in [6, 6.07) is 15.0. The standard InChI is InChI=1S/C22H24N4O5S/c1-17-7-9-19(10-8-17)32(30,31)24-13-11-23(12-14-24)16-26-21(28)20(27)25(22(26)29)15-18-5-3-2-4-6-18/h2-10H,11-16H2,1H3. The molecule has 168 valence electrons. The highest BCUT2D eigenvalue weighted by molar-refractivity contribution is 7.89. The van der Waals surface area contributed by atoms with Gasteiger partial charge in [0.2, 0.25) is 10.0 Å². The first-order valence-corrected chi connectivity index (χ1v) is 11.7. The van der Waals surface area contributed by atoms with Crippen molar-refractivity contribution >= 4 is 27.9 Å². The predicted molar refractivity (Wildman–Crippen MR) is 116 cm³/mol. The molecule has 9 nitrogen and oxygen atoms in total. The van der Waals surface area contributed by atoms with Crippen LogP contribution in [0.4, 0.5) is 4.79 Å². The van der Waals surface area contributed by atoms with E-state index in [1.165, 1.54) is 4.31 Å². The molecule has 2 saturated heterocycles. The van der Waals surface area contributed by atoms with Crippen LogP contribution in [0.3, 0.4) is 0 Å². The molecule has 0 aromatic heterocycles. The Morgan fingerprint density at radius 1 is 0.781 bits per heavy atom. The maximum atomic E-state index is 12.9.